The van der Waals surface area contributed by atoms with E-state index in [9.17, 15) is 24.0 Å². The second-order valence-corrected chi connectivity index (χ2v) is 13.5. The second-order valence-electron chi connectivity index (χ2n) is 12.3. The van der Waals surface area contributed by atoms with Crippen molar-refractivity contribution in [2.75, 3.05) is 6.54 Å². The van der Waals surface area contributed by atoms with Crippen molar-refractivity contribution in [1.82, 2.24) is 20.9 Å². The van der Waals surface area contributed by atoms with E-state index in [0.29, 0.717) is 12.8 Å². The SMILES string of the molecule is CC(C)(C)NC(=O)N[C@H](C(=O)N1CCC(C(Cl)Cl)[C@H]1C(=O)NC(CC1CCC1)C(=O)C(N)=O)C1CCCCC1. The van der Waals surface area contributed by atoms with Crippen LogP contribution in [-0.4, -0.2) is 69.5 Å². The number of ketones is 1. The second kappa shape index (κ2) is 13.5. The summed E-state index contributed by atoms with van der Waals surface area (Å²) in [5.41, 5.74) is 4.77. The molecular formula is C27H43Cl2N5O5. The van der Waals surface area contributed by atoms with Crippen LogP contribution >= 0.6 is 23.2 Å². The predicted molar refractivity (Wildman–Crippen MR) is 149 cm³/mol. The zero-order chi connectivity index (χ0) is 28.9. The number of alkyl halides is 2. The molecule has 5 amide bonds. The van der Waals surface area contributed by atoms with E-state index in [1.165, 1.54) is 4.90 Å². The summed E-state index contributed by atoms with van der Waals surface area (Å²) in [7, 11) is 0. The average Bonchev–Trinajstić information content (AvgIpc) is 3.28. The van der Waals surface area contributed by atoms with Crippen LogP contribution in [0.15, 0.2) is 0 Å². The molecule has 220 valence electrons. The minimum Gasteiger partial charge on any atom is -0.363 e. The van der Waals surface area contributed by atoms with Crippen LogP contribution in [0.25, 0.3) is 0 Å². The van der Waals surface area contributed by atoms with Gasteiger partial charge in [0.2, 0.25) is 17.6 Å². The maximum Gasteiger partial charge on any atom is 0.315 e. The molecule has 4 atom stereocenters. The number of hydrogen-bond donors (Lipinski definition) is 4. The minimum absolute atomic E-state index is 0.0784. The predicted octanol–water partition coefficient (Wildman–Crippen LogP) is 2.78. The summed E-state index contributed by atoms with van der Waals surface area (Å²) in [5.74, 6) is -3.40. The number of nitrogens with one attached hydrogen (secondary N) is 3. The van der Waals surface area contributed by atoms with Crippen molar-refractivity contribution in [2.45, 2.75) is 113 Å². The Morgan fingerprint density at radius 2 is 1.56 bits per heavy atom. The van der Waals surface area contributed by atoms with Crippen LogP contribution in [0.3, 0.4) is 0 Å². The summed E-state index contributed by atoms with van der Waals surface area (Å²) < 4.78 is 0. The maximum atomic E-state index is 14.1. The third-order valence-corrected chi connectivity index (χ3v) is 8.80. The van der Waals surface area contributed by atoms with Gasteiger partial charge in [-0.05, 0) is 58.3 Å². The van der Waals surface area contributed by atoms with E-state index in [1.54, 1.807) is 0 Å². The lowest BCUT2D eigenvalue weighted by Gasteiger charge is -2.36. The smallest absolute Gasteiger partial charge is 0.315 e. The number of carbonyl (C=O) groups excluding carboxylic acids is 5. The Bertz CT molecular complexity index is 930. The number of primary amides is 1. The highest BCUT2D eigenvalue weighted by Crippen LogP contribution is 2.35. The number of rotatable bonds is 10. The Labute approximate surface area is 240 Å². The molecule has 1 heterocycles. The molecule has 3 fully saturated rings. The van der Waals surface area contributed by atoms with Crippen molar-refractivity contribution in [2.24, 2.45) is 23.5 Å². The van der Waals surface area contributed by atoms with Gasteiger partial charge < -0.3 is 26.6 Å². The quantitative estimate of drug-likeness (QED) is 0.229. The van der Waals surface area contributed by atoms with Crippen molar-refractivity contribution in [3.63, 3.8) is 0 Å². The zero-order valence-corrected chi connectivity index (χ0v) is 24.7. The van der Waals surface area contributed by atoms with Crippen LogP contribution in [0, 0.1) is 17.8 Å². The van der Waals surface area contributed by atoms with E-state index in [2.05, 4.69) is 16.0 Å². The van der Waals surface area contributed by atoms with Gasteiger partial charge >= 0.3 is 6.03 Å². The van der Waals surface area contributed by atoms with Gasteiger partial charge in [-0.2, -0.15) is 0 Å². The third kappa shape index (κ3) is 8.46. The van der Waals surface area contributed by atoms with Crippen molar-refractivity contribution in [3.05, 3.63) is 0 Å². The molecule has 2 aliphatic carbocycles. The molecule has 3 aliphatic rings. The van der Waals surface area contributed by atoms with E-state index in [0.717, 1.165) is 51.4 Å². The molecule has 0 aromatic rings. The average molecular weight is 589 g/mol. The van der Waals surface area contributed by atoms with Gasteiger partial charge in [-0.25, -0.2) is 4.79 Å². The van der Waals surface area contributed by atoms with Crippen LogP contribution in [0.2, 0.25) is 0 Å². The highest BCUT2D eigenvalue weighted by Gasteiger charge is 2.48. The van der Waals surface area contributed by atoms with Crippen LogP contribution in [0.5, 0.6) is 0 Å². The van der Waals surface area contributed by atoms with Gasteiger partial charge in [-0.1, -0.05) is 38.5 Å². The van der Waals surface area contributed by atoms with Gasteiger partial charge in [0, 0.05) is 18.0 Å². The molecule has 39 heavy (non-hydrogen) atoms. The minimum atomic E-state index is -1.12. The first-order valence-corrected chi connectivity index (χ1v) is 15.0. The lowest BCUT2D eigenvalue weighted by Crippen LogP contribution is -2.61. The topological polar surface area (TPSA) is 151 Å². The third-order valence-electron chi connectivity index (χ3n) is 8.15. The Hall–Kier alpha value is -2.07. The molecule has 0 aromatic heterocycles. The van der Waals surface area contributed by atoms with E-state index in [4.69, 9.17) is 28.9 Å². The first-order valence-electron chi connectivity index (χ1n) is 14.1. The van der Waals surface area contributed by atoms with Crippen LogP contribution in [0.4, 0.5) is 4.79 Å². The van der Waals surface area contributed by atoms with Gasteiger partial charge in [-0.15, -0.1) is 23.2 Å². The molecule has 0 aromatic carbocycles. The Kier molecular flexibility index (Phi) is 10.9. The number of likely N-dealkylation sites (tertiary alicyclic amines) is 1. The normalized spacial score (nSPS) is 24.0. The van der Waals surface area contributed by atoms with Crippen LogP contribution in [-0.2, 0) is 19.2 Å². The van der Waals surface area contributed by atoms with Crippen molar-refractivity contribution in [3.8, 4) is 0 Å². The molecule has 0 spiro atoms. The standard InChI is InChI=1S/C27H43Cl2N5O5/c1-27(2,3)33-26(39)32-19(16-10-5-4-6-11-16)25(38)34-13-12-17(22(28)29)20(34)24(37)31-18(21(35)23(30)36)14-15-8-7-9-15/h15-20,22H,4-14H2,1-3H3,(H2,30,36)(H,31,37)(H2,32,33,39)/t17?,18?,19-,20-/m0/s1. The lowest BCUT2D eigenvalue weighted by atomic mass is 9.80. The summed E-state index contributed by atoms with van der Waals surface area (Å²) >= 11 is 12.5. The number of urea groups is 1. The fourth-order valence-electron chi connectivity index (χ4n) is 5.93. The largest absolute Gasteiger partial charge is 0.363 e. The van der Waals surface area contributed by atoms with Crippen molar-refractivity contribution < 1.29 is 24.0 Å². The van der Waals surface area contributed by atoms with Crippen molar-refractivity contribution in [1.29, 1.82) is 0 Å². The molecule has 0 bridgehead atoms. The maximum absolute atomic E-state index is 14.1. The number of amides is 5. The summed E-state index contributed by atoms with van der Waals surface area (Å²) in [4.78, 5) is 65.4. The van der Waals surface area contributed by atoms with Gasteiger partial charge in [0.25, 0.3) is 5.91 Å². The van der Waals surface area contributed by atoms with Crippen LogP contribution in [0.1, 0.15) is 85.0 Å². The summed E-state index contributed by atoms with van der Waals surface area (Å²) in [6.07, 6.45) is 8.07. The summed E-state index contributed by atoms with van der Waals surface area (Å²) in [6, 6.07) is -3.42. The number of hydrogen-bond acceptors (Lipinski definition) is 5. The molecule has 12 heteroatoms. The van der Waals surface area contributed by atoms with Gasteiger partial charge in [-0.3, -0.25) is 19.2 Å². The van der Waals surface area contributed by atoms with Crippen molar-refractivity contribution >= 4 is 52.7 Å². The number of nitrogens with two attached hydrogens (primary N) is 1. The van der Waals surface area contributed by atoms with Gasteiger partial charge in [0.05, 0.1) is 6.04 Å². The monoisotopic (exact) mass is 587 g/mol. The van der Waals surface area contributed by atoms with Gasteiger partial charge in [0.1, 0.15) is 16.9 Å². The molecular weight excluding hydrogens is 545 g/mol. The van der Waals surface area contributed by atoms with E-state index in [-0.39, 0.29) is 24.3 Å². The van der Waals surface area contributed by atoms with Crippen LogP contribution < -0.4 is 21.7 Å². The molecule has 5 N–H and O–H groups in total. The van der Waals surface area contributed by atoms with E-state index in [1.807, 2.05) is 20.8 Å². The highest BCUT2D eigenvalue weighted by molar-refractivity contribution is 6.44. The van der Waals surface area contributed by atoms with E-state index < -0.39 is 58.0 Å². The first-order chi connectivity index (χ1) is 18.3. The Morgan fingerprint density at radius 1 is 0.923 bits per heavy atom. The number of nitrogens with zero attached hydrogens (tertiary/aromatic N) is 1. The molecule has 1 aliphatic heterocycles. The fraction of sp³-hybridized carbons (Fsp3) is 0.815. The molecule has 0 radical (unpaired) electrons. The zero-order valence-electron chi connectivity index (χ0n) is 23.1. The Morgan fingerprint density at radius 3 is 2.08 bits per heavy atom. The van der Waals surface area contributed by atoms with E-state index >= 15 is 0 Å². The number of halogens is 2. The first kappa shape index (κ1) is 31.5. The van der Waals surface area contributed by atoms with Gasteiger partial charge in [0.15, 0.2) is 0 Å². The molecule has 10 nitrogen and oxygen atoms in total. The number of carbonyl (C=O) groups is 5. The fourth-order valence-corrected chi connectivity index (χ4v) is 6.46. The highest BCUT2D eigenvalue weighted by atomic mass is 35.5. The summed E-state index contributed by atoms with van der Waals surface area (Å²) in [6.45, 7) is 5.78. The lowest BCUT2D eigenvalue weighted by molar-refractivity contribution is -0.143. The molecule has 2 unspecified atom stereocenters. The molecule has 2 saturated carbocycles. The number of Topliss-reactive ketones (excluding diaryl/α,β-unsaturated/α-hetero) is 1. The summed E-state index contributed by atoms with van der Waals surface area (Å²) in [5, 5.41) is 8.43. The molecule has 1 saturated heterocycles. The Balaban J connectivity index is 1.85. The molecule has 3 rings (SSSR count).